The minimum atomic E-state index is -0.570. The van der Waals surface area contributed by atoms with Gasteiger partial charge in [0.15, 0.2) is 6.61 Å². The fourth-order valence-electron chi connectivity index (χ4n) is 2.68. The van der Waals surface area contributed by atoms with Gasteiger partial charge in [-0.05, 0) is 44.5 Å². The first-order chi connectivity index (χ1) is 12.9. The number of hydrogen-bond acceptors (Lipinski definition) is 5. The van der Waals surface area contributed by atoms with Crippen molar-refractivity contribution in [1.29, 1.82) is 0 Å². The predicted octanol–water partition coefficient (Wildman–Crippen LogP) is 3.28. The van der Waals surface area contributed by atoms with E-state index in [1.807, 2.05) is 51.1 Å². The number of rotatable bonds is 5. The molecule has 1 aromatic heterocycles. The molecule has 1 N–H and O–H groups in total. The summed E-state index contributed by atoms with van der Waals surface area (Å²) in [6.45, 7) is 5.29. The Morgan fingerprint density at radius 3 is 2.37 bits per heavy atom. The summed E-state index contributed by atoms with van der Waals surface area (Å²) in [4.78, 5) is 33.2. The minimum absolute atomic E-state index is 0.167. The number of aromatic nitrogens is 2. The molecule has 27 heavy (non-hydrogen) atoms. The van der Waals surface area contributed by atoms with Gasteiger partial charge in [0.05, 0.1) is 34.0 Å². The molecular weight excluding hydrogens is 342 g/mol. The summed E-state index contributed by atoms with van der Waals surface area (Å²) in [5.74, 6) is -0.925. The lowest BCUT2D eigenvalue weighted by Crippen LogP contribution is -2.31. The molecule has 0 aliphatic rings. The van der Waals surface area contributed by atoms with Gasteiger partial charge in [-0.2, -0.15) is 0 Å². The number of nitrogens with one attached hydrogen (secondary N) is 1. The number of hydrogen-bond donors (Lipinski definition) is 1. The molecule has 3 rings (SSSR count). The molecule has 1 atom stereocenters. The van der Waals surface area contributed by atoms with Gasteiger partial charge in [-0.3, -0.25) is 4.79 Å². The second kappa shape index (κ2) is 7.95. The second-order valence-electron chi connectivity index (χ2n) is 6.37. The van der Waals surface area contributed by atoms with Crippen molar-refractivity contribution in [1.82, 2.24) is 15.3 Å². The molecule has 1 heterocycles. The third kappa shape index (κ3) is 4.47. The van der Waals surface area contributed by atoms with E-state index in [0.29, 0.717) is 16.6 Å². The van der Waals surface area contributed by atoms with E-state index in [1.54, 1.807) is 18.2 Å². The van der Waals surface area contributed by atoms with Crippen LogP contribution in [0.15, 0.2) is 48.5 Å². The van der Waals surface area contributed by atoms with E-state index < -0.39 is 5.97 Å². The van der Waals surface area contributed by atoms with Gasteiger partial charge in [-0.1, -0.05) is 30.3 Å². The Hall–Kier alpha value is -3.28. The Kier molecular flexibility index (Phi) is 5.45. The van der Waals surface area contributed by atoms with Crippen molar-refractivity contribution in [2.75, 3.05) is 6.61 Å². The summed E-state index contributed by atoms with van der Waals surface area (Å²) in [6, 6.07) is 14.4. The van der Waals surface area contributed by atoms with Gasteiger partial charge in [0.1, 0.15) is 0 Å². The number of carbonyl (C=O) groups excluding carboxylic acids is 2. The van der Waals surface area contributed by atoms with Crippen molar-refractivity contribution in [3.63, 3.8) is 0 Å². The largest absolute Gasteiger partial charge is 0.452 e. The molecule has 2 aromatic carbocycles. The van der Waals surface area contributed by atoms with Crippen LogP contribution in [0.2, 0.25) is 0 Å². The normalized spacial score (nSPS) is 11.8. The van der Waals surface area contributed by atoms with Crippen LogP contribution in [0.4, 0.5) is 0 Å². The zero-order valence-electron chi connectivity index (χ0n) is 15.5. The lowest BCUT2D eigenvalue weighted by atomic mass is 10.1. The van der Waals surface area contributed by atoms with Gasteiger partial charge in [0, 0.05) is 0 Å². The van der Waals surface area contributed by atoms with Crippen molar-refractivity contribution < 1.29 is 14.3 Å². The predicted molar refractivity (Wildman–Crippen MR) is 102 cm³/mol. The number of fused-ring (bicyclic) bond motifs is 1. The van der Waals surface area contributed by atoms with Crippen LogP contribution in [0.5, 0.6) is 0 Å². The molecule has 1 amide bonds. The summed E-state index contributed by atoms with van der Waals surface area (Å²) < 4.78 is 5.13. The third-order valence-corrected chi connectivity index (χ3v) is 4.32. The zero-order chi connectivity index (χ0) is 19.4. The molecule has 3 aromatic rings. The molecule has 6 nitrogen and oxygen atoms in total. The number of aryl methyl sites for hydroxylation is 2. The highest BCUT2D eigenvalue weighted by Crippen LogP contribution is 2.15. The van der Waals surface area contributed by atoms with E-state index in [-0.39, 0.29) is 18.6 Å². The number of nitrogens with zero attached hydrogens (tertiary/aromatic N) is 2. The lowest BCUT2D eigenvalue weighted by molar-refractivity contribution is -0.124. The van der Waals surface area contributed by atoms with Gasteiger partial charge < -0.3 is 10.1 Å². The first kappa shape index (κ1) is 18.5. The summed E-state index contributed by atoms with van der Waals surface area (Å²) in [7, 11) is 0. The first-order valence-corrected chi connectivity index (χ1v) is 8.70. The first-order valence-electron chi connectivity index (χ1n) is 8.70. The zero-order valence-corrected chi connectivity index (χ0v) is 15.5. The molecule has 0 fully saturated rings. The standard InChI is InChI=1S/C21H21N3O3/c1-13-14(2)23-19-11-17(9-10-18(19)22-13)21(26)27-12-20(25)24-15(3)16-7-5-4-6-8-16/h4-11,15H,12H2,1-3H3,(H,24,25)/t15-/m0/s1. The van der Waals surface area contributed by atoms with Crippen molar-refractivity contribution in [3.05, 3.63) is 71.0 Å². The van der Waals surface area contributed by atoms with Gasteiger partial charge in [-0.25, -0.2) is 14.8 Å². The van der Waals surface area contributed by atoms with Crippen molar-refractivity contribution >= 4 is 22.9 Å². The van der Waals surface area contributed by atoms with Gasteiger partial charge >= 0.3 is 5.97 Å². The molecule has 0 radical (unpaired) electrons. The van der Waals surface area contributed by atoms with Crippen LogP contribution < -0.4 is 5.32 Å². The fraction of sp³-hybridized carbons (Fsp3) is 0.238. The number of carbonyl (C=O) groups is 2. The van der Waals surface area contributed by atoms with Gasteiger partial charge in [-0.15, -0.1) is 0 Å². The highest BCUT2D eigenvalue weighted by Gasteiger charge is 2.14. The van der Waals surface area contributed by atoms with Crippen LogP contribution in [0.3, 0.4) is 0 Å². The van der Waals surface area contributed by atoms with Crippen molar-refractivity contribution in [2.24, 2.45) is 0 Å². The summed E-state index contributed by atoms with van der Waals surface area (Å²) in [5, 5.41) is 2.81. The number of benzene rings is 2. The molecule has 0 aliphatic heterocycles. The lowest BCUT2D eigenvalue weighted by Gasteiger charge is -2.14. The van der Waals surface area contributed by atoms with Crippen LogP contribution in [0, 0.1) is 13.8 Å². The maximum Gasteiger partial charge on any atom is 0.338 e. The van der Waals surface area contributed by atoms with Crippen LogP contribution in [-0.2, 0) is 9.53 Å². The molecule has 6 heteroatoms. The SMILES string of the molecule is Cc1nc2ccc(C(=O)OCC(=O)N[C@@H](C)c3ccccc3)cc2nc1C. The smallest absolute Gasteiger partial charge is 0.338 e. The van der Waals surface area contributed by atoms with E-state index in [9.17, 15) is 9.59 Å². The van der Waals surface area contributed by atoms with Gasteiger partial charge in [0.2, 0.25) is 0 Å². The minimum Gasteiger partial charge on any atom is -0.452 e. The van der Waals surface area contributed by atoms with E-state index in [4.69, 9.17) is 4.74 Å². The Morgan fingerprint density at radius 1 is 1.00 bits per heavy atom. The monoisotopic (exact) mass is 363 g/mol. The number of amides is 1. The Bertz CT molecular complexity index is 987. The Labute approximate surface area is 157 Å². The maximum atomic E-state index is 12.3. The molecule has 0 saturated carbocycles. The quantitative estimate of drug-likeness (QED) is 0.704. The van der Waals surface area contributed by atoms with E-state index in [1.165, 1.54) is 0 Å². The van der Waals surface area contributed by atoms with Crippen molar-refractivity contribution in [2.45, 2.75) is 26.8 Å². The highest BCUT2D eigenvalue weighted by molar-refractivity contribution is 5.94. The molecular formula is C21H21N3O3. The van der Waals surface area contributed by atoms with Crippen LogP contribution in [0.1, 0.15) is 40.3 Å². The summed E-state index contributed by atoms with van der Waals surface area (Å²) in [5.41, 5.74) is 4.31. The van der Waals surface area contributed by atoms with Crippen LogP contribution >= 0.6 is 0 Å². The average molecular weight is 363 g/mol. The summed E-state index contributed by atoms with van der Waals surface area (Å²) in [6.07, 6.45) is 0. The molecule has 138 valence electrons. The van der Waals surface area contributed by atoms with Gasteiger partial charge in [0.25, 0.3) is 5.91 Å². The summed E-state index contributed by atoms with van der Waals surface area (Å²) >= 11 is 0. The molecule has 0 spiro atoms. The number of ether oxygens (including phenoxy) is 1. The van der Waals surface area contributed by atoms with E-state index in [2.05, 4.69) is 15.3 Å². The Balaban J connectivity index is 1.61. The molecule has 0 bridgehead atoms. The topological polar surface area (TPSA) is 81.2 Å². The molecule has 0 aliphatic carbocycles. The Morgan fingerprint density at radius 2 is 1.67 bits per heavy atom. The van der Waals surface area contributed by atoms with Crippen LogP contribution in [-0.4, -0.2) is 28.5 Å². The number of esters is 1. The highest BCUT2D eigenvalue weighted by atomic mass is 16.5. The van der Waals surface area contributed by atoms with E-state index in [0.717, 1.165) is 17.0 Å². The fourth-order valence-corrected chi connectivity index (χ4v) is 2.68. The van der Waals surface area contributed by atoms with Crippen LogP contribution in [0.25, 0.3) is 11.0 Å². The van der Waals surface area contributed by atoms with Crippen molar-refractivity contribution in [3.8, 4) is 0 Å². The molecule has 0 unspecified atom stereocenters. The molecule has 0 saturated heterocycles. The third-order valence-electron chi connectivity index (χ3n) is 4.32. The second-order valence-corrected chi connectivity index (χ2v) is 6.37. The van der Waals surface area contributed by atoms with E-state index >= 15 is 0 Å². The maximum absolute atomic E-state index is 12.3. The average Bonchev–Trinajstić information content (AvgIpc) is 2.67.